The third kappa shape index (κ3) is 5.26. The zero-order valence-electron chi connectivity index (χ0n) is 19.6. The highest BCUT2D eigenvalue weighted by Gasteiger charge is 2.30. The maximum absolute atomic E-state index is 12.8. The first-order chi connectivity index (χ1) is 16.2. The Labute approximate surface area is 199 Å². The van der Waals surface area contributed by atoms with E-state index in [1.54, 1.807) is 24.3 Å². The Morgan fingerprint density at radius 2 is 1.47 bits per heavy atom. The van der Waals surface area contributed by atoms with Gasteiger partial charge in [0.1, 0.15) is 5.56 Å². The van der Waals surface area contributed by atoms with Gasteiger partial charge in [-0.2, -0.15) is 4.31 Å². The van der Waals surface area contributed by atoms with Crippen LogP contribution in [0.1, 0.15) is 15.9 Å². The van der Waals surface area contributed by atoms with Crippen LogP contribution in [0, 0.1) is 6.92 Å². The molecule has 0 saturated carbocycles. The lowest BCUT2D eigenvalue weighted by atomic mass is 10.1. The van der Waals surface area contributed by atoms with Gasteiger partial charge < -0.3 is 23.8 Å². The molecule has 0 bridgehead atoms. The summed E-state index contributed by atoms with van der Waals surface area (Å²) >= 11 is 0. The lowest BCUT2D eigenvalue weighted by Gasteiger charge is -2.33. The molecule has 184 valence electrons. The topological polar surface area (TPSA) is 112 Å². The molecule has 1 heterocycles. The Kier molecular flexibility index (Phi) is 8.00. The molecule has 0 unspecified atom stereocenters. The molecule has 1 fully saturated rings. The predicted molar refractivity (Wildman–Crippen MR) is 123 cm³/mol. The van der Waals surface area contributed by atoms with Gasteiger partial charge in [0.2, 0.25) is 15.8 Å². The number of amides is 1. The average Bonchev–Trinajstić information content (AvgIpc) is 2.86. The molecule has 2 aromatic carbocycles. The largest absolute Gasteiger partial charge is 0.493 e. The van der Waals surface area contributed by atoms with Crippen molar-refractivity contribution >= 4 is 21.9 Å². The van der Waals surface area contributed by atoms with Crippen molar-refractivity contribution in [1.29, 1.82) is 0 Å². The number of aryl methyl sites for hydroxylation is 1. The first-order valence-corrected chi connectivity index (χ1v) is 12.0. The van der Waals surface area contributed by atoms with Gasteiger partial charge >= 0.3 is 5.97 Å². The summed E-state index contributed by atoms with van der Waals surface area (Å²) < 4.78 is 47.9. The van der Waals surface area contributed by atoms with E-state index in [4.69, 9.17) is 18.9 Å². The predicted octanol–water partition coefficient (Wildman–Crippen LogP) is 1.71. The molecule has 1 aliphatic heterocycles. The number of hydrogen-bond donors (Lipinski definition) is 0. The molecule has 0 spiro atoms. The minimum atomic E-state index is -3.64. The zero-order chi connectivity index (χ0) is 24.9. The van der Waals surface area contributed by atoms with Crippen LogP contribution in [0.3, 0.4) is 0 Å². The van der Waals surface area contributed by atoms with Crippen LogP contribution in [0.15, 0.2) is 41.3 Å². The summed E-state index contributed by atoms with van der Waals surface area (Å²) in [5, 5.41) is 0. The number of piperazine rings is 1. The Morgan fingerprint density at radius 3 is 2.03 bits per heavy atom. The molecule has 0 radical (unpaired) electrons. The number of ether oxygens (including phenoxy) is 4. The van der Waals surface area contributed by atoms with Crippen molar-refractivity contribution < 1.29 is 37.0 Å². The average molecular weight is 493 g/mol. The summed E-state index contributed by atoms with van der Waals surface area (Å²) in [7, 11) is 0.615. The van der Waals surface area contributed by atoms with Crippen molar-refractivity contribution in [2.24, 2.45) is 0 Å². The maximum Gasteiger partial charge on any atom is 0.342 e. The van der Waals surface area contributed by atoms with Crippen molar-refractivity contribution in [3.8, 4) is 17.2 Å². The summed E-state index contributed by atoms with van der Waals surface area (Å²) in [6, 6.07) is 9.63. The van der Waals surface area contributed by atoms with Crippen molar-refractivity contribution in [2.75, 3.05) is 54.1 Å². The van der Waals surface area contributed by atoms with Crippen LogP contribution in [0.4, 0.5) is 0 Å². The fourth-order valence-corrected chi connectivity index (χ4v) is 5.02. The van der Waals surface area contributed by atoms with Crippen LogP contribution >= 0.6 is 0 Å². The number of nitrogens with zero attached hydrogens (tertiary/aromatic N) is 2. The van der Waals surface area contributed by atoms with E-state index in [9.17, 15) is 18.0 Å². The highest BCUT2D eigenvalue weighted by molar-refractivity contribution is 7.89. The van der Waals surface area contributed by atoms with Gasteiger partial charge in [-0.1, -0.05) is 17.7 Å². The highest BCUT2D eigenvalue weighted by Crippen LogP contribution is 2.39. The Bertz CT molecular complexity index is 1140. The van der Waals surface area contributed by atoms with Crippen molar-refractivity contribution in [1.82, 2.24) is 9.21 Å². The lowest BCUT2D eigenvalue weighted by molar-refractivity contribution is -0.135. The third-order valence-electron chi connectivity index (χ3n) is 5.50. The fraction of sp³-hybridized carbons (Fsp3) is 0.391. The van der Waals surface area contributed by atoms with Crippen LogP contribution < -0.4 is 14.2 Å². The van der Waals surface area contributed by atoms with E-state index >= 15 is 0 Å². The van der Waals surface area contributed by atoms with Crippen molar-refractivity contribution in [2.45, 2.75) is 11.8 Å². The van der Waals surface area contributed by atoms with Gasteiger partial charge in [-0.25, -0.2) is 13.2 Å². The van der Waals surface area contributed by atoms with Crippen LogP contribution in [0.2, 0.25) is 0 Å². The molecule has 11 heteroatoms. The van der Waals surface area contributed by atoms with Crippen LogP contribution in [0.25, 0.3) is 0 Å². The number of methoxy groups -OCH3 is 3. The summed E-state index contributed by atoms with van der Waals surface area (Å²) in [6.07, 6.45) is 0. The van der Waals surface area contributed by atoms with E-state index in [0.717, 1.165) is 5.56 Å². The second-order valence-electron chi connectivity index (χ2n) is 7.56. The number of hydrogen-bond acceptors (Lipinski definition) is 8. The molecule has 34 heavy (non-hydrogen) atoms. The minimum absolute atomic E-state index is 0.0851. The Hall–Kier alpha value is -3.31. The number of carbonyl (C=O) groups excluding carboxylic acids is 2. The van der Waals surface area contributed by atoms with Gasteiger partial charge in [0.05, 0.1) is 26.2 Å². The monoisotopic (exact) mass is 492 g/mol. The van der Waals surface area contributed by atoms with Gasteiger partial charge in [0, 0.05) is 26.2 Å². The Balaban J connectivity index is 1.59. The second-order valence-corrected chi connectivity index (χ2v) is 9.49. The molecular weight excluding hydrogens is 464 g/mol. The molecular formula is C23H28N2O8S. The van der Waals surface area contributed by atoms with Crippen molar-refractivity contribution in [3.63, 3.8) is 0 Å². The molecule has 1 saturated heterocycles. The normalized spacial score (nSPS) is 14.4. The molecule has 3 rings (SSSR count). The van der Waals surface area contributed by atoms with Crippen LogP contribution in [-0.2, 0) is 19.6 Å². The molecule has 10 nitrogen and oxygen atoms in total. The number of rotatable bonds is 8. The molecule has 0 aliphatic carbocycles. The minimum Gasteiger partial charge on any atom is -0.493 e. The molecule has 1 aliphatic rings. The summed E-state index contributed by atoms with van der Waals surface area (Å²) in [4.78, 5) is 26.9. The van der Waals surface area contributed by atoms with Crippen molar-refractivity contribution in [3.05, 3.63) is 47.5 Å². The SMILES string of the molecule is COc1ccc(C(=O)OCC(=O)N2CCN(S(=O)(=O)c3ccc(C)cc3)CC2)c(OC)c1OC. The van der Waals surface area contributed by atoms with E-state index < -0.39 is 28.5 Å². The van der Waals surface area contributed by atoms with Gasteiger partial charge in [0.15, 0.2) is 18.1 Å². The quantitative estimate of drug-likeness (QED) is 0.512. The first-order valence-electron chi connectivity index (χ1n) is 10.5. The van der Waals surface area contributed by atoms with E-state index in [2.05, 4.69) is 0 Å². The molecule has 0 aromatic heterocycles. The molecule has 1 amide bonds. The summed E-state index contributed by atoms with van der Waals surface area (Å²) in [6.45, 7) is 2.09. The van der Waals surface area contributed by atoms with E-state index in [1.807, 2.05) is 6.92 Å². The lowest BCUT2D eigenvalue weighted by Crippen LogP contribution is -2.51. The smallest absolute Gasteiger partial charge is 0.342 e. The zero-order valence-corrected chi connectivity index (χ0v) is 20.4. The Morgan fingerprint density at radius 1 is 0.853 bits per heavy atom. The number of sulfonamides is 1. The third-order valence-corrected chi connectivity index (χ3v) is 7.41. The van der Waals surface area contributed by atoms with Gasteiger partial charge in [-0.3, -0.25) is 4.79 Å². The second kappa shape index (κ2) is 10.7. The summed E-state index contributed by atoms with van der Waals surface area (Å²) in [5.74, 6) is -0.428. The number of esters is 1. The molecule has 2 aromatic rings. The number of benzene rings is 2. The van der Waals surface area contributed by atoms with E-state index in [0.29, 0.717) is 5.75 Å². The van der Waals surface area contributed by atoms with Gasteiger partial charge in [-0.15, -0.1) is 0 Å². The molecule has 0 atom stereocenters. The summed E-state index contributed by atoms with van der Waals surface area (Å²) in [5.41, 5.74) is 1.05. The fourth-order valence-electron chi connectivity index (χ4n) is 3.60. The maximum atomic E-state index is 12.8. The molecule has 0 N–H and O–H groups in total. The van der Waals surface area contributed by atoms with E-state index in [-0.39, 0.29) is 48.1 Å². The number of carbonyl (C=O) groups is 2. The highest BCUT2D eigenvalue weighted by atomic mass is 32.2. The van der Waals surface area contributed by atoms with Gasteiger partial charge in [0.25, 0.3) is 5.91 Å². The van der Waals surface area contributed by atoms with Crippen LogP contribution in [-0.4, -0.2) is 83.6 Å². The van der Waals surface area contributed by atoms with Gasteiger partial charge in [-0.05, 0) is 31.2 Å². The van der Waals surface area contributed by atoms with Crippen LogP contribution in [0.5, 0.6) is 17.2 Å². The van der Waals surface area contributed by atoms with E-state index in [1.165, 1.54) is 42.7 Å². The standard InChI is InChI=1S/C23H28N2O8S/c1-16-5-7-17(8-6-16)34(28,29)25-13-11-24(12-14-25)20(26)15-33-23(27)18-9-10-19(30-2)22(32-4)21(18)31-3/h5-10H,11-15H2,1-4H3. The first kappa shape index (κ1) is 25.3.